The highest BCUT2D eigenvalue weighted by Crippen LogP contribution is 2.33. The molecule has 4 aliphatic rings. The van der Waals surface area contributed by atoms with Crippen molar-refractivity contribution in [1.82, 2.24) is 97.8 Å². The lowest BCUT2D eigenvalue weighted by Gasteiger charge is -2.39. The van der Waals surface area contributed by atoms with Gasteiger partial charge in [0.15, 0.2) is 22.9 Å². The van der Waals surface area contributed by atoms with Gasteiger partial charge >= 0.3 is 42.0 Å². The van der Waals surface area contributed by atoms with Crippen molar-refractivity contribution < 1.29 is 112 Å². The highest BCUT2D eigenvalue weighted by molar-refractivity contribution is 8.76. The Bertz CT molecular complexity index is 6060. The average Bonchev–Trinajstić information content (AvgIpc) is 1.66. The molecule has 24 N–H and O–H groups in total. The van der Waals surface area contributed by atoms with Crippen molar-refractivity contribution in [2.24, 2.45) is 5.73 Å². The number of carbonyl (C=O) groups is 17. The van der Waals surface area contributed by atoms with Gasteiger partial charge in [0.2, 0.25) is 53.2 Å². The van der Waals surface area contributed by atoms with Crippen LogP contribution in [-0.4, -0.2) is 296 Å². The molecule has 3 aromatic heterocycles. The van der Waals surface area contributed by atoms with Crippen LogP contribution in [0.25, 0.3) is 11.2 Å². The van der Waals surface area contributed by atoms with Crippen LogP contribution in [0.3, 0.4) is 0 Å². The number of anilines is 7. The van der Waals surface area contributed by atoms with E-state index in [0.717, 1.165) is 27.3 Å². The molecular formula is C89H103ClN26O24S2. The van der Waals surface area contributed by atoms with Gasteiger partial charge in [0.1, 0.15) is 53.9 Å². The third-order valence-corrected chi connectivity index (χ3v) is 25.4. The number of nitrogens with zero attached hydrogens (tertiary/aromatic N) is 9. The van der Waals surface area contributed by atoms with Crippen LogP contribution in [0.1, 0.15) is 138 Å². The molecule has 4 aromatic carbocycles. The van der Waals surface area contributed by atoms with E-state index in [4.69, 9.17) is 33.2 Å². The minimum absolute atomic E-state index is 0.0218. The highest BCUT2D eigenvalue weighted by Gasteiger charge is 2.41. The second-order valence-corrected chi connectivity index (χ2v) is 35.8. The van der Waals surface area contributed by atoms with Crippen molar-refractivity contribution in [1.29, 1.82) is 5.41 Å². The fourth-order valence-electron chi connectivity index (χ4n) is 15.5. The molecular weight excluding hydrogens is 1920 g/mol. The first kappa shape index (κ1) is 106. The molecule has 13 amide bonds. The number of piperazine rings is 1. The standard InChI is InChI=1S/C89H103ClN26O24S2/c1-94-75(126)56-8-2-3-9-58(56)103-72-57(90)43-98-87(111-72)100-50-16-20-53(21-17-50)113-31-33-114(34-32-113)88(138)101-51-18-22-54(23-19-51)115(30-5-4-7-46-11-24-55-48(37-46)44-116(82(55)133)65-26-28-67(118)109-80(65)131)89(139)140-35-36-141-142-45-64(84(136)137)108-79(130)63(40-70(123)124)107-78(129)62(39-69(121)122)106-76(127)59(10-6-29-95-85(91)92)104-77(128)61(38-68(119)120)102-66(117)27-25-60(83(134)135)105-74(125)47-12-14-49(15-13-47)96-41-52-42-97-73-71(99-52)81(132)112-86(93)110-73/h2-3,8-9,11-17,20-21,24,37,42-43,51,54,59-65,96H,5-6,10,18-19,22-23,25-36,38-41,44-45H2,1H3,(H,94,126)(H,101,138)(H,102,117)(H,104,128)(H,105,125)(H,106,127)(H,107,129)(H,108,130)(H,119,120)(H,121,122)(H,123,124)(H,134,135)(H,136,137)(H4,91,92,95)(H,109,118,131)(H2,98,100,103,111)(H3,93,97,110,112,132)/t51?,54?,59-,60?,61-,62-,63-,64-,65?/m0/s1. The molecule has 1 saturated carbocycles. The fourth-order valence-corrected chi connectivity index (χ4v) is 17.6. The van der Waals surface area contributed by atoms with Crippen molar-refractivity contribution in [2.75, 3.05) is 91.0 Å². The zero-order chi connectivity index (χ0) is 102. The Hall–Kier alpha value is -16.2. The van der Waals surface area contributed by atoms with E-state index in [-0.39, 0.29) is 128 Å². The van der Waals surface area contributed by atoms with E-state index in [2.05, 4.69) is 110 Å². The molecule has 50 nitrogen and oxygen atoms in total. The summed E-state index contributed by atoms with van der Waals surface area (Å²) in [5.74, 6) is -12.1. The van der Waals surface area contributed by atoms with Crippen molar-refractivity contribution in [3.8, 4) is 11.8 Å². The monoisotopic (exact) mass is 2020 g/mol. The predicted molar refractivity (Wildman–Crippen MR) is 513 cm³/mol. The SMILES string of the molecule is CNC(=O)c1ccccc1Nc1nc(Nc2ccc(N3CCN(C(=O)NC4CCC(N(CCC#Cc5ccc6c(c5)CN(C5CCC(=O)NC5=O)C6=O)C(=O)OCCSSC[C@H](NC(=O)[C@H](CC(=O)O)NC(=O)[C@H](CC(=O)O)NC(=O)[C@H](CCCNC(=N)N)NC(=O)[C@H](CC(=O)O)NC(=O)CCC(NC(=O)c5ccc(NCc6cnc7nc(N)[nH]c(=O)c7n6)cc5)C(=O)O)C(=O)O)CC4)CC3)cc2)ncc1Cl. The number of fused-ring (bicyclic) bond motifs is 2. The Morgan fingerprint density at radius 3 is 1.97 bits per heavy atom. The number of amides is 13. The summed E-state index contributed by atoms with van der Waals surface area (Å²) in [5.41, 5.74) is 15.1. The van der Waals surface area contributed by atoms with Crippen molar-refractivity contribution in [2.45, 2.75) is 157 Å². The number of nitrogens with one attached hydrogen (secondary N) is 15. The van der Waals surface area contributed by atoms with Crippen LogP contribution in [0.2, 0.25) is 5.02 Å². The van der Waals surface area contributed by atoms with Gasteiger partial charge in [0.05, 0.1) is 55.1 Å². The Morgan fingerprint density at radius 1 is 0.683 bits per heavy atom. The zero-order valence-electron chi connectivity index (χ0n) is 76.1. The summed E-state index contributed by atoms with van der Waals surface area (Å²) in [6.07, 6.45) is -1.40. The number of carbonyl (C=O) groups excluding carboxylic acids is 12. The molecule has 752 valence electrons. The van der Waals surface area contributed by atoms with E-state index in [0.29, 0.717) is 96.9 Å². The number of aromatic nitrogens is 6. The Balaban J connectivity index is 0.656. The number of aromatic amines is 1. The van der Waals surface area contributed by atoms with Crippen LogP contribution < -0.4 is 91.0 Å². The first-order valence-corrected chi connectivity index (χ1v) is 47.4. The number of benzene rings is 4. The lowest BCUT2D eigenvalue weighted by atomic mass is 9.90. The van der Waals surface area contributed by atoms with Gasteiger partial charge < -0.3 is 125 Å². The van der Waals surface area contributed by atoms with E-state index in [1.807, 2.05) is 29.6 Å². The Morgan fingerprint density at radius 2 is 1.32 bits per heavy atom. The molecule has 2 unspecified atom stereocenters. The number of ether oxygens (including phenoxy) is 1. The largest absolute Gasteiger partial charge is 0.481 e. The minimum atomic E-state index is -2.22. The maximum absolute atomic E-state index is 14.3. The van der Waals surface area contributed by atoms with E-state index in [1.165, 1.54) is 48.6 Å². The molecule has 3 aliphatic heterocycles. The van der Waals surface area contributed by atoms with Crippen LogP contribution in [0.5, 0.6) is 0 Å². The number of H-pyrrole nitrogens is 1. The number of carboxylic acids is 5. The number of imide groups is 1. The second kappa shape index (κ2) is 50.9. The Kier molecular flexibility index (Phi) is 38.1. The summed E-state index contributed by atoms with van der Waals surface area (Å²) in [5, 5.41) is 90.6. The number of urea groups is 1. The number of hydrogen-bond donors (Lipinski definition) is 22. The Labute approximate surface area is 820 Å². The molecule has 0 spiro atoms. The zero-order valence-corrected chi connectivity index (χ0v) is 78.4. The average molecular weight is 2020 g/mol. The number of nitrogen functional groups attached to an aromatic ring is 1. The van der Waals surface area contributed by atoms with Gasteiger partial charge in [0, 0.05) is 129 Å². The van der Waals surface area contributed by atoms with Crippen molar-refractivity contribution in [3.05, 3.63) is 152 Å². The van der Waals surface area contributed by atoms with E-state index in [9.17, 15) is 112 Å². The number of nitrogens with two attached hydrogens (primary N) is 2. The number of guanidine groups is 1. The molecule has 3 fully saturated rings. The third kappa shape index (κ3) is 30.9. The topological polar surface area (TPSA) is 743 Å². The fraction of sp³-hybridized carbons (Fsp3) is 0.393. The molecule has 142 heavy (non-hydrogen) atoms. The van der Waals surface area contributed by atoms with Crippen LogP contribution in [0, 0.1) is 17.3 Å². The summed E-state index contributed by atoms with van der Waals surface area (Å²) < 4.78 is 5.80. The molecule has 0 radical (unpaired) electrons. The summed E-state index contributed by atoms with van der Waals surface area (Å²) >= 11 is 6.46. The van der Waals surface area contributed by atoms with Gasteiger partial charge in [-0.05, 0) is 136 Å². The normalized spacial score (nSPS) is 16.1. The molecule has 53 heteroatoms. The predicted octanol–water partition coefficient (Wildman–Crippen LogP) is 1.22. The van der Waals surface area contributed by atoms with Crippen LogP contribution in [0.4, 0.5) is 50.1 Å². The van der Waals surface area contributed by atoms with E-state index < -0.39 is 187 Å². The van der Waals surface area contributed by atoms with Gasteiger partial charge in [0.25, 0.3) is 23.3 Å². The van der Waals surface area contributed by atoms with E-state index in [1.54, 1.807) is 52.3 Å². The van der Waals surface area contributed by atoms with Crippen LogP contribution >= 0.6 is 33.2 Å². The molecule has 7 aromatic rings. The number of hydrogen-bond acceptors (Lipinski definition) is 32. The first-order valence-electron chi connectivity index (χ1n) is 44.5. The van der Waals surface area contributed by atoms with Gasteiger partial charge in [-0.15, -0.1) is 0 Å². The molecule has 2 saturated heterocycles. The number of carboxylic acid groups (broad SMARTS) is 5. The number of piperidine rings is 1. The quantitative estimate of drug-likeness (QED) is 0.00637. The van der Waals surface area contributed by atoms with E-state index >= 15 is 0 Å². The third-order valence-electron chi connectivity index (χ3n) is 22.8. The smallest absolute Gasteiger partial charge is 0.410 e. The number of rotatable bonds is 46. The number of para-hydroxylation sites is 1. The lowest BCUT2D eigenvalue weighted by molar-refractivity contribution is -0.144. The number of aliphatic carboxylic acids is 5. The van der Waals surface area contributed by atoms with Gasteiger partial charge in [-0.2, -0.15) is 9.97 Å². The minimum Gasteiger partial charge on any atom is -0.481 e. The summed E-state index contributed by atoms with van der Waals surface area (Å²) in [7, 11) is 3.42. The molecule has 1 aliphatic carbocycles. The van der Waals surface area contributed by atoms with Gasteiger partial charge in [-0.25, -0.2) is 34.1 Å². The maximum Gasteiger partial charge on any atom is 0.410 e. The van der Waals surface area contributed by atoms with Crippen molar-refractivity contribution in [3.63, 3.8) is 0 Å². The molecule has 6 heterocycles. The summed E-state index contributed by atoms with van der Waals surface area (Å²) in [4.78, 5) is 266. The lowest BCUT2D eigenvalue weighted by Crippen LogP contribution is -2.59. The second-order valence-electron chi connectivity index (χ2n) is 32.8. The number of halogens is 1. The summed E-state index contributed by atoms with van der Waals surface area (Å²) in [6, 6.07) is 11.5. The van der Waals surface area contributed by atoms with Crippen LogP contribution in [0.15, 0.2) is 108 Å². The molecule has 7 atom stereocenters. The maximum atomic E-state index is 14.3. The summed E-state index contributed by atoms with van der Waals surface area (Å²) in [6.45, 7) is 1.74. The molecule has 11 rings (SSSR count). The highest BCUT2D eigenvalue weighted by atomic mass is 35.5. The molecule has 0 bridgehead atoms. The van der Waals surface area contributed by atoms with Crippen LogP contribution in [-0.2, 0) is 75.4 Å². The van der Waals surface area contributed by atoms with Gasteiger partial charge in [-0.3, -0.25) is 82.8 Å². The van der Waals surface area contributed by atoms with Gasteiger partial charge in [-0.1, -0.05) is 57.2 Å². The first-order chi connectivity index (χ1) is 67.9. The van der Waals surface area contributed by atoms with Crippen molar-refractivity contribution >= 4 is 192 Å².